The Labute approximate surface area is 95.9 Å². The zero-order valence-corrected chi connectivity index (χ0v) is 9.91. The Kier molecular flexibility index (Phi) is 2.82. The molecule has 0 spiro atoms. The summed E-state index contributed by atoms with van der Waals surface area (Å²) in [5, 5.41) is 0. The van der Waals surface area contributed by atoms with E-state index in [9.17, 15) is 4.79 Å². The van der Waals surface area contributed by atoms with Crippen molar-refractivity contribution in [2.24, 2.45) is 5.92 Å². The summed E-state index contributed by atoms with van der Waals surface area (Å²) in [6.45, 7) is 5.69. The molecule has 1 aliphatic rings. The van der Waals surface area contributed by atoms with E-state index in [0.717, 1.165) is 12.0 Å². The fraction of sp³-hybridized carbons (Fsp3) is 0.357. The molecule has 1 aromatic carbocycles. The number of hydrogen-bond donors (Lipinski definition) is 0. The Morgan fingerprint density at radius 3 is 2.81 bits per heavy atom. The Hall–Kier alpha value is -1.57. The fourth-order valence-corrected chi connectivity index (χ4v) is 1.82. The maximum atomic E-state index is 11.5. The average molecular weight is 216 g/mol. The van der Waals surface area contributed by atoms with Gasteiger partial charge in [-0.05, 0) is 36.1 Å². The van der Waals surface area contributed by atoms with E-state index in [0.29, 0.717) is 5.75 Å². The molecule has 0 atom stereocenters. The fourth-order valence-electron chi connectivity index (χ4n) is 1.82. The van der Waals surface area contributed by atoms with E-state index in [1.54, 1.807) is 0 Å². The maximum absolute atomic E-state index is 11.5. The van der Waals surface area contributed by atoms with Crippen LogP contribution in [-0.4, -0.2) is 5.97 Å². The second kappa shape index (κ2) is 4.12. The molecule has 0 saturated heterocycles. The van der Waals surface area contributed by atoms with Gasteiger partial charge in [0.25, 0.3) is 0 Å². The van der Waals surface area contributed by atoms with Crippen molar-refractivity contribution in [1.29, 1.82) is 0 Å². The topological polar surface area (TPSA) is 26.3 Å². The normalized spacial score (nSPS) is 13.0. The van der Waals surface area contributed by atoms with Gasteiger partial charge in [0.05, 0.1) is 5.92 Å². The predicted molar refractivity (Wildman–Crippen MR) is 64.4 cm³/mol. The van der Waals surface area contributed by atoms with Crippen LogP contribution in [0.25, 0.3) is 6.08 Å². The summed E-state index contributed by atoms with van der Waals surface area (Å²) >= 11 is 0. The van der Waals surface area contributed by atoms with Gasteiger partial charge >= 0.3 is 5.97 Å². The van der Waals surface area contributed by atoms with Crippen LogP contribution in [0.3, 0.4) is 0 Å². The first-order valence-electron chi connectivity index (χ1n) is 5.60. The zero-order chi connectivity index (χ0) is 11.7. The average Bonchev–Trinajstić information content (AvgIpc) is 2.70. The standard InChI is InChI=1S/C14H16O2/c1-9(2)14(15)16-13-8-7-11-5-4-6-12(11)10(13)3/h4-5,7-9H,6H2,1-3H3. The Balaban J connectivity index is 2.28. The quantitative estimate of drug-likeness (QED) is 0.561. The van der Waals surface area contributed by atoms with Crippen LogP contribution < -0.4 is 4.74 Å². The van der Waals surface area contributed by atoms with E-state index in [1.165, 1.54) is 11.1 Å². The molecule has 16 heavy (non-hydrogen) atoms. The van der Waals surface area contributed by atoms with Crippen molar-refractivity contribution >= 4 is 12.0 Å². The molecule has 0 radical (unpaired) electrons. The summed E-state index contributed by atoms with van der Waals surface area (Å²) in [4.78, 5) is 11.5. The van der Waals surface area contributed by atoms with E-state index in [1.807, 2.05) is 32.9 Å². The third-order valence-corrected chi connectivity index (χ3v) is 2.89. The van der Waals surface area contributed by atoms with Gasteiger partial charge in [-0.15, -0.1) is 0 Å². The minimum absolute atomic E-state index is 0.0919. The molecular weight excluding hydrogens is 200 g/mol. The lowest BCUT2D eigenvalue weighted by Gasteiger charge is -2.12. The first-order valence-corrected chi connectivity index (χ1v) is 5.60. The van der Waals surface area contributed by atoms with E-state index in [-0.39, 0.29) is 11.9 Å². The van der Waals surface area contributed by atoms with Gasteiger partial charge in [0.2, 0.25) is 0 Å². The lowest BCUT2D eigenvalue weighted by molar-refractivity contribution is -0.137. The molecule has 84 valence electrons. The second-order valence-corrected chi connectivity index (χ2v) is 4.44. The lowest BCUT2D eigenvalue weighted by Crippen LogP contribution is -2.15. The molecule has 0 N–H and O–H groups in total. The highest BCUT2D eigenvalue weighted by atomic mass is 16.5. The van der Waals surface area contributed by atoms with Crippen LogP contribution in [0, 0.1) is 12.8 Å². The molecule has 0 heterocycles. The van der Waals surface area contributed by atoms with Gasteiger partial charge in [-0.1, -0.05) is 32.1 Å². The SMILES string of the molecule is Cc1c(OC(=O)C(C)C)ccc2c1CC=C2. The van der Waals surface area contributed by atoms with Crippen molar-refractivity contribution in [2.45, 2.75) is 27.2 Å². The highest BCUT2D eigenvalue weighted by Gasteiger charge is 2.15. The van der Waals surface area contributed by atoms with Crippen molar-refractivity contribution < 1.29 is 9.53 Å². The van der Waals surface area contributed by atoms with Crippen LogP contribution in [0.4, 0.5) is 0 Å². The third-order valence-electron chi connectivity index (χ3n) is 2.89. The Morgan fingerprint density at radius 2 is 2.12 bits per heavy atom. The van der Waals surface area contributed by atoms with Gasteiger partial charge in [0.1, 0.15) is 5.75 Å². The van der Waals surface area contributed by atoms with E-state index in [2.05, 4.69) is 12.2 Å². The first-order chi connectivity index (χ1) is 7.59. The van der Waals surface area contributed by atoms with Crippen LogP contribution >= 0.6 is 0 Å². The summed E-state index contributed by atoms with van der Waals surface area (Å²) in [7, 11) is 0. The molecule has 0 unspecified atom stereocenters. The van der Waals surface area contributed by atoms with Crippen molar-refractivity contribution in [3.05, 3.63) is 34.9 Å². The summed E-state index contributed by atoms with van der Waals surface area (Å²) in [6, 6.07) is 3.89. The van der Waals surface area contributed by atoms with Crippen LogP contribution in [-0.2, 0) is 11.2 Å². The number of fused-ring (bicyclic) bond motifs is 1. The maximum Gasteiger partial charge on any atom is 0.313 e. The molecule has 0 fully saturated rings. The minimum Gasteiger partial charge on any atom is -0.426 e. The lowest BCUT2D eigenvalue weighted by atomic mass is 10.0. The van der Waals surface area contributed by atoms with Crippen molar-refractivity contribution in [3.8, 4) is 5.75 Å². The van der Waals surface area contributed by atoms with Gasteiger partial charge in [-0.25, -0.2) is 0 Å². The van der Waals surface area contributed by atoms with Crippen LogP contribution in [0.5, 0.6) is 5.75 Å². The summed E-state index contributed by atoms with van der Waals surface area (Å²) < 4.78 is 5.37. The first kappa shape index (κ1) is 10.9. The molecule has 0 saturated carbocycles. The van der Waals surface area contributed by atoms with Gasteiger partial charge in [-0.2, -0.15) is 0 Å². The van der Waals surface area contributed by atoms with Crippen molar-refractivity contribution in [3.63, 3.8) is 0 Å². The zero-order valence-electron chi connectivity index (χ0n) is 9.91. The van der Waals surface area contributed by atoms with Crippen LogP contribution in [0.2, 0.25) is 0 Å². The van der Waals surface area contributed by atoms with Crippen LogP contribution in [0.1, 0.15) is 30.5 Å². The van der Waals surface area contributed by atoms with E-state index in [4.69, 9.17) is 4.74 Å². The smallest absolute Gasteiger partial charge is 0.313 e. The van der Waals surface area contributed by atoms with E-state index >= 15 is 0 Å². The Bertz CT molecular complexity index is 456. The second-order valence-electron chi connectivity index (χ2n) is 4.44. The molecule has 2 nitrogen and oxygen atoms in total. The van der Waals surface area contributed by atoms with Crippen molar-refractivity contribution in [2.75, 3.05) is 0 Å². The molecular formula is C14H16O2. The molecule has 2 heteroatoms. The van der Waals surface area contributed by atoms with Crippen molar-refractivity contribution in [1.82, 2.24) is 0 Å². The highest BCUT2D eigenvalue weighted by molar-refractivity contribution is 5.75. The predicted octanol–water partition coefficient (Wildman–Crippen LogP) is 3.13. The van der Waals surface area contributed by atoms with E-state index < -0.39 is 0 Å². The molecule has 0 amide bonds. The number of allylic oxidation sites excluding steroid dienone is 1. The number of hydrogen-bond acceptors (Lipinski definition) is 2. The monoisotopic (exact) mass is 216 g/mol. The molecule has 1 aromatic rings. The molecule has 1 aliphatic carbocycles. The molecule has 0 aromatic heterocycles. The summed E-state index contributed by atoms with van der Waals surface area (Å²) in [5.41, 5.74) is 3.59. The Morgan fingerprint density at radius 1 is 1.38 bits per heavy atom. The number of carbonyl (C=O) groups is 1. The highest BCUT2D eigenvalue weighted by Crippen LogP contribution is 2.30. The summed E-state index contributed by atoms with van der Waals surface area (Å²) in [6.07, 6.45) is 5.18. The number of carbonyl (C=O) groups excluding carboxylic acids is 1. The molecule has 2 rings (SSSR count). The minimum atomic E-state index is -0.172. The van der Waals surface area contributed by atoms with Gasteiger partial charge in [0.15, 0.2) is 0 Å². The molecule has 0 aliphatic heterocycles. The number of esters is 1. The van der Waals surface area contributed by atoms with Gasteiger partial charge in [0, 0.05) is 0 Å². The molecule has 0 bridgehead atoms. The van der Waals surface area contributed by atoms with Gasteiger partial charge in [-0.3, -0.25) is 4.79 Å². The number of ether oxygens (including phenoxy) is 1. The number of rotatable bonds is 2. The number of benzene rings is 1. The summed E-state index contributed by atoms with van der Waals surface area (Å²) in [5.74, 6) is 0.431. The third kappa shape index (κ3) is 1.87. The largest absolute Gasteiger partial charge is 0.426 e. The van der Waals surface area contributed by atoms with Crippen LogP contribution in [0.15, 0.2) is 18.2 Å². The van der Waals surface area contributed by atoms with Gasteiger partial charge < -0.3 is 4.74 Å².